The van der Waals surface area contributed by atoms with Gasteiger partial charge in [-0.3, -0.25) is 0 Å². The first-order chi connectivity index (χ1) is 17.9. The fourth-order valence-corrected chi connectivity index (χ4v) is 5.83. The minimum absolute atomic E-state index is 0.918. The molecule has 2 aromatic heterocycles. The van der Waals surface area contributed by atoms with Crippen LogP contribution < -0.4 is 0 Å². The first kappa shape index (κ1) is 19.5. The maximum absolute atomic E-state index is 6.54. The molecule has 0 unspecified atom stereocenters. The van der Waals surface area contributed by atoms with E-state index >= 15 is 0 Å². The van der Waals surface area contributed by atoms with Crippen LogP contribution in [0.5, 0.6) is 0 Å². The van der Waals surface area contributed by atoms with Gasteiger partial charge in [-0.1, -0.05) is 103 Å². The molecule has 168 valence electrons. The van der Waals surface area contributed by atoms with Crippen molar-refractivity contribution in [2.75, 3.05) is 0 Å². The molecule has 36 heavy (non-hydrogen) atoms. The SMILES string of the molecule is c1ccc(-c2ccc(-n3c4ccccc4c4ccc5c6ccccc6oc5c43)c3ccccc23)cc1. The Hall–Kier alpha value is -4.82. The Morgan fingerprint density at radius 1 is 0.444 bits per heavy atom. The lowest BCUT2D eigenvalue weighted by Gasteiger charge is -2.15. The molecule has 0 aliphatic heterocycles. The van der Waals surface area contributed by atoms with Gasteiger partial charge in [0.25, 0.3) is 0 Å². The molecule has 0 fully saturated rings. The van der Waals surface area contributed by atoms with E-state index in [1.54, 1.807) is 0 Å². The molecule has 0 N–H and O–H groups in total. The first-order valence-corrected chi connectivity index (χ1v) is 12.3. The summed E-state index contributed by atoms with van der Waals surface area (Å²) in [5.74, 6) is 0. The number of hydrogen-bond donors (Lipinski definition) is 0. The highest BCUT2D eigenvalue weighted by Crippen LogP contribution is 2.42. The minimum Gasteiger partial charge on any atom is -0.454 e. The highest BCUT2D eigenvalue weighted by molar-refractivity contribution is 6.22. The van der Waals surface area contributed by atoms with Gasteiger partial charge in [-0.15, -0.1) is 0 Å². The van der Waals surface area contributed by atoms with Crippen LogP contribution in [0, 0.1) is 0 Å². The number of aromatic nitrogens is 1. The normalized spacial score (nSPS) is 11.9. The Labute approximate surface area is 207 Å². The molecule has 8 rings (SSSR count). The number of benzene rings is 6. The van der Waals surface area contributed by atoms with E-state index in [1.165, 1.54) is 38.2 Å². The van der Waals surface area contributed by atoms with E-state index in [0.29, 0.717) is 0 Å². The number of furan rings is 1. The molecule has 0 atom stereocenters. The lowest BCUT2D eigenvalue weighted by molar-refractivity contribution is 0.671. The van der Waals surface area contributed by atoms with E-state index in [1.807, 2.05) is 6.07 Å². The highest BCUT2D eigenvalue weighted by Gasteiger charge is 2.20. The fourth-order valence-electron chi connectivity index (χ4n) is 5.83. The molecule has 0 bridgehead atoms. The monoisotopic (exact) mass is 459 g/mol. The molecular weight excluding hydrogens is 438 g/mol. The average Bonchev–Trinajstić information content (AvgIpc) is 3.49. The van der Waals surface area contributed by atoms with Crippen molar-refractivity contribution in [3.8, 4) is 16.8 Å². The summed E-state index contributed by atoms with van der Waals surface area (Å²) in [7, 11) is 0. The number of para-hydroxylation sites is 2. The second kappa shape index (κ2) is 7.34. The topological polar surface area (TPSA) is 18.1 Å². The average molecular weight is 460 g/mol. The predicted molar refractivity (Wildman–Crippen MR) is 151 cm³/mol. The van der Waals surface area contributed by atoms with Crippen molar-refractivity contribution in [3.05, 3.63) is 127 Å². The Kier molecular flexibility index (Phi) is 3.97. The van der Waals surface area contributed by atoms with Crippen LogP contribution in [0.3, 0.4) is 0 Å². The summed E-state index contributed by atoms with van der Waals surface area (Å²) in [5.41, 5.74) is 7.76. The minimum atomic E-state index is 0.918. The summed E-state index contributed by atoms with van der Waals surface area (Å²) < 4.78 is 8.94. The molecule has 2 heterocycles. The van der Waals surface area contributed by atoms with Gasteiger partial charge in [-0.05, 0) is 40.8 Å². The van der Waals surface area contributed by atoms with Crippen molar-refractivity contribution < 1.29 is 4.42 Å². The van der Waals surface area contributed by atoms with Crippen LogP contribution in [-0.4, -0.2) is 4.57 Å². The van der Waals surface area contributed by atoms with Crippen LogP contribution >= 0.6 is 0 Å². The quantitative estimate of drug-likeness (QED) is 0.252. The second-order valence-corrected chi connectivity index (χ2v) is 9.33. The summed E-state index contributed by atoms with van der Waals surface area (Å²) >= 11 is 0. The van der Waals surface area contributed by atoms with Crippen molar-refractivity contribution in [1.29, 1.82) is 0 Å². The molecular formula is C34H21NO. The summed E-state index contributed by atoms with van der Waals surface area (Å²) in [6.45, 7) is 0. The lowest BCUT2D eigenvalue weighted by Crippen LogP contribution is -1.96. The number of hydrogen-bond acceptors (Lipinski definition) is 1. The van der Waals surface area contributed by atoms with Crippen LogP contribution in [0.15, 0.2) is 132 Å². The molecule has 0 amide bonds. The van der Waals surface area contributed by atoms with Gasteiger partial charge in [0, 0.05) is 26.9 Å². The third-order valence-corrected chi connectivity index (χ3v) is 7.41. The largest absolute Gasteiger partial charge is 0.454 e. The fraction of sp³-hybridized carbons (Fsp3) is 0. The molecule has 0 saturated heterocycles. The van der Waals surface area contributed by atoms with Crippen LogP contribution in [0.2, 0.25) is 0 Å². The molecule has 2 nitrogen and oxygen atoms in total. The van der Waals surface area contributed by atoms with Crippen LogP contribution in [0.4, 0.5) is 0 Å². The van der Waals surface area contributed by atoms with E-state index in [4.69, 9.17) is 4.42 Å². The maximum atomic E-state index is 6.54. The van der Waals surface area contributed by atoms with Crippen molar-refractivity contribution in [2.24, 2.45) is 0 Å². The molecule has 0 saturated carbocycles. The number of rotatable bonds is 2. The molecule has 0 spiro atoms. The van der Waals surface area contributed by atoms with Gasteiger partial charge in [0.1, 0.15) is 5.58 Å². The lowest BCUT2D eigenvalue weighted by atomic mass is 9.97. The smallest absolute Gasteiger partial charge is 0.160 e. The Bertz CT molecular complexity index is 2090. The molecule has 0 aliphatic rings. The van der Waals surface area contributed by atoms with Crippen molar-refractivity contribution in [3.63, 3.8) is 0 Å². The van der Waals surface area contributed by atoms with E-state index in [2.05, 4.69) is 126 Å². The third-order valence-electron chi connectivity index (χ3n) is 7.41. The van der Waals surface area contributed by atoms with Gasteiger partial charge >= 0.3 is 0 Å². The number of fused-ring (bicyclic) bond motifs is 8. The summed E-state index contributed by atoms with van der Waals surface area (Å²) in [6, 6.07) is 45.3. The molecule has 6 aromatic carbocycles. The molecule has 8 aromatic rings. The molecule has 2 heteroatoms. The second-order valence-electron chi connectivity index (χ2n) is 9.33. The van der Waals surface area contributed by atoms with E-state index < -0.39 is 0 Å². The first-order valence-electron chi connectivity index (χ1n) is 12.3. The summed E-state index contributed by atoms with van der Waals surface area (Å²) in [4.78, 5) is 0. The van der Waals surface area contributed by atoms with E-state index in [9.17, 15) is 0 Å². The Balaban J connectivity index is 1.56. The van der Waals surface area contributed by atoms with Gasteiger partial charge in [0.2, 0.25) is 0 Å². The van der Waals surface area contributed by atoms with Crippen LogP contribution in [0.1, 0.15) is 0 Å². The van der Waals surface area contributed by atoms with Gasteiger partial charge < -0.3 is 8.98 Å². The zero-order valence-electron chi connectivity index (χ0n) is 19.5. The third kappa shape index (κ3) is 2.61. The highest BCUT2D eigenvalue weighted by atomic mass is 16.3. The molecule has 0 aliphatic carbocycles. The van der Waals surface area contributed by atoms with E-state index in [-0.39, 0.29) is 0 Å². The van der Waals surface area contributed by atoms with Gasteiger partial charge in [-0.2, -0.15) is 0 Å². The predicted octanol–water partition coefficient (Wildman–Crippen LogP) is 9.50. The van der Waals surface area contributed by atoms with Crippen molar-refractivity contribution in [2.45, 2.75) is 0 Å². The van der Waals surface area contributed by atoms with Gasteiger partial charge in [0.05, 0.1) is 16.7 Å². The van der Waals surface area contributed by atoms with Crippen LogP contribution in [-0.2, 0) is 0 Å². The van der Waals surface area contributed by atoms with E-state index in [0.717, 1.165) is 33.1 Å². The van der Waals surface area contributed by atoms with Crippen LogP contribution in [0.25, 0.3) is 71.3 Å². The van der Waals surface area contributed by atoms with Crippen molar-refractivity contribution >= 4 is 54.5 Å². The summed E-state index contributed by atoms with van der Waals surface area (Å²) in [5, 5.41) is 7.18. The Morgan fingerprint density at radius 3 is 1.97 bits per heavy atom. The zero-order valence-corrected chi connectivity index (χ0v) is 19.5. The Morgan fingerprint density at radius 2 is 1.11 bits per heavy atom. The molecule has 0 radical (unpaired) electrons. The maximum Gasteiger partial charge on any atom is 0.160 e. The van der Waals surface area contributed by atoms with Crippen molar-refractivity contribution in [1.82, 2.24) is 4.57 Å². The number of nitrogens with zero attached hydrogens (tertiary/aromatic N) is 1. The zero-order chi connectivity index (χ0) is 23.6. The van der Waals surface area contributed by atoms with Gasteiger partial charge in [0.15, 0.2) is 5.58 Å². The standard InChI is InChI=1S/C34H21NO/c1-2-10-22(11-3-1)23-20-21-31(25-13-5-4-12-24(23)25)35-30-16-8-6-14-26(30)28-18-19-29-27-15-7-9-17-32(27)36-34(29)33(28)35/h1-21H. The summed E-state index contributed by atoms with van der Waals surface area (Å²) in [6.07, 6.45) is 0. The van der Waals surface area contributed by atoms with Gasteiger partial charge in [-0.25, -0.2) is 0 Å².